The van der Waals surface area contributed by atoms with E-state index in [0.29, 0.717) is 6.54 Å². The van der Waals surface area contributed by atoms with E-state index in [2.05, 4.69) is 31.7 Å². The fraction of sp³-hybridized carbons (Fsp3) is 0.880. The Morgan fingerprint density at radius 3 is 2.47 bits per heavy atom. The molecule has 7 atom stereocenters. The zero-order chi connectivity index (χ0) is 22.7. The Labute approximate surface area is 192 Å². The van der Waals surface area contributed by atoms with Crippen LogP contribution in [0.2, 0.25) is 0 Å². The van der Waals surface area contributed by atoms with E-state index in [9.17, 15) is 9.90 Å². The maximum absolute atomic E-state index is 12.3. The lowest BCUT2D eigenvalue weighted by molar-refractivity contribution is -0.156. The van der Waals surface area contributed by atoms with Gasteiger partial charge in [-0.1, -0.05) is 11.6 Å². The highest BCUT2D eigenvalue weighted by molar-refractivity contribution is 5.68. The smallest absolute Gasteiger partial charge is 0.407 e. The van der Waals surface area contributed by atoms with Crippen molar-refractivity contribution in [1.29, 1.82) is 0 Å². The zero-order valence-electron chi connectivity index (χ0n) is 20.1. The number of methoxy groups -OCH3 is 1. The molecule has 0 aromatic rings. The van der Waals surface area contributed by atoms with Gasteiger partial charge in [0.05, 0.1) is 30.0 Å². The van der Waals surface area contributed by atoms with Crippen LogP contribution in [0, 0.1) is 11.8 Å². The fourth-order valence-corrected chi connectivity index (χ4v) is 7.35. The molecule has 32 heavy (non-hydrogen) atoms. The van der Waals surface area contributed by atoms with E-state index in [0.717, 1.165) is 51.9 Å². The minimum atomic E-state index is -0.792. The first-order valence-corrected chi connectivity index (χ1v) is 12.5. The summed E-state index contributed by atoms with van der Waals surface area (Å²) < 4.78 is 18.8. The van der Waals surface area contributed by atoms with Gasteiger partial charge in [0.2, 0.25) is 0 Å². The molecule has 0 unspecified atom stereocenters. The Morgan fingerprint density at radius 1 is 1.22 bits per heavy atom. The number of epoxide rings is 2. The fourth-order valence-electron chi connectivity index (χ4n) is 7.35. The highest BCUT2D eigenvalue weighted by atomic mass is 16.6. The van der Waals surface area contributed by atoms with E-state index in [4.69, 9.17) is 14.2 Å². The number of ether oxygens (including phenoxy) is 3. The number of hydrogen-bond acceptors (Lipinski definition) is 5. The van der Waals surface area contributed by atoms with E-state index in [1.807, 2.05) is 0 Å². The third-order valence-electron chi connectivity index (χ3n) is 9.22. The van der Waals surface area contributed by atoms with Gasteiger partial charge in [0.1, 0.15) is 5.60 Å². The number of hydrogen-bond donors (Lipinski definition) is 1. The Balaban J connectivity index is 1.45. The van der Waals surface area contributed by atoms with Gasteiger partial charge in [0.15, 0.2) is 0 Å². The summed E-state index contributed by atoms with van der Waals surface area (Å²) in [7, 11) is 1.80. The second-order valence-corrected chi connectivity index (χ2v) is 11.3. The van der Waals surface area contributed by atoms with Crippen LogP contribution in [0.15, 0.2) is 11.6 Å². The van der Waals surface area contributed by atoms with Crippen LogP contribution in [0.1, 0.15) is 59.3 Å². The van der Waals surface area contributed by atoms with Gasteiger partial charge < -0.3 is 29.1 Å². The van der Waals surface area contributed by atoms with Crippen molar-refractivity contribution in [3.63, 3.8) is 0 Å². The summed E-state index contributed by atoms with van der Waals surface area (Å²) in [5.41, 5.74) is 0.486. The molecule has 1 amide bonds. The van der Waals surface area contributed by atoms with Crippen molar-refractivity contribution >= 4 is 6.09 Å². The largest absolute Gasteiger partial charge is 0.465 e. The zero-order valence-corrected chi connectivity index (χ0v) is 20.1. The molecule has 0 bridgehead atoms. The van der Waals surface area contributed by atoms with Crippen molar-refractivity contribution in [2.45, 2.75) is 88.2 Å². The minimum absolute atomic E-state index is 0.0716. The standard InChI is InChI=1S/C25H40N2O5/c1-17(2)7-8-19-23(3,32-19)21-20(30-4)18(9-10-25(21)16-31-25)24(11-14-27(24)22(28)29)15-26-12-5-6-13-26/h7,18-21H,5-6,8-16H2,1-4H3,(H,28,29)/t18-,19+,20-,21+,23-,24-,25-/m0/s1. The summed E-state index contributed by atoms with van der Waals surface area (Å²) in [6.45, 7) is 10.8. The lowest BCUT2D eigenvalue weighted by Gasteiger charge is -2.60. The quantitative estimate of drug-likeness (QED) is 0.474. The van der Waals surface area contributed by atoms with Crippen LogP contribution in [0.25, 0.3) is 0 Å². The summed E-state index contributed by atoms with van der Waals surface area (Å²) in [5.74, 6) is 0.281. The van der Waals surface area contributed by atoms with Gasteiger partial charge in [0.25, 0.3) is 0 Å². The summed E-state index contributed by atoms with van der Waals surface area (Å²) in [4.78, 5) is 16.4. The number of amides is 1. The average Bonchev–Trinajstić information content (AvgIpc) is 3.56. The van der Waals surface area contributed by atoms with Crippen LogP contribution in [0.4, 0.5) is 4.79 Å². The van der Waals surface area contributed by atoms with Crippen molar-refractivity contribution < 1.29 is 24.1 Å². The Bertz CT molecular complexity index is 772. The third kappa shape index (κ3) is 3.51. The van der Waals surface area contributed by atoms with E-state index in [-0.39, 0.29) is 40.8 Å². The number of carboxylic acid groups (broad SMARTS) is 1. The number of allylic oxidation sites excluding steroid dienone is 1. The molecule has 4 aliphatic heterocycles. The Hall–Kier alpha value is -1.15. The molecule has 4 saturated heterocycles. The molecular weight excluding hydrogens is 408 g/mol. The molecular formula is C25H40N2O5. The van der Waals surface area contributed by atoms with Gasteiger partial charge in [0, 0.05) is 32.0 Å². The van der Waals surface area contributed by atoms with Crippen molar-refractivity contribution in [2.75, 3.05) is 39.9 Å². The molecule has 0 aromatic heterocycles. The lowest BCUT2D eigenvalue weighted by atomic mass is 9.58. The van der Waals surface area contributed by atoms with Crippen molar-refractivity contribution in [1.82, 2.24) is 9.80 Å². The normalized spacial score (nSPS) is 45.6. The topological polar surface area (TPSA) is 78.1 Å². The molecule has 7 nitrogen and oxygen atoms in total. The van der Waals surface area contributed by atoms with Crippen LogP contribution in [0.5, 0.6) is 0 Å². The van der Waals surface area contributed by atoms with E-state index >= 15 is 0 Å². The highest BCUT2D eigenvalue weighted by Gasteiger charge is 2.74. The van der Waals surface area contributed by atoms with Gasteiger partial charge in [-0.05, 0) is 72.4 Å². The molecule has 4 heterocycles. The van der Waals surface area contributed by atoms with Gasteiger partial charge in [-0.2, -0.15) is 0 Å². The molecule has 180 valence electrons. The lowest BCUT2D eigenvalue weighted by Crippen LogP contribution is -2.73. The SMILES string of the molecule is CO[C@@H]1[C@H]([C@@]2(C)O[C@@H]2CC=C(C)C)[C@]2(CC[C@@H]1[C@@]1(CN3CCCC3)CCN1C(=O)O)CO2. The Morgan fingerprint density at radius 2 is 1.94 bits per heavy atom. The second kappa shape index (κ2) is 7.97. The van der Waals surface area contributed by atoms with Gasteiger partial charge in [-0.25, -0.2) is 4.79 Å². The Kier molecular flexibility index (Phi) is 5.63. The summed E-state index contributed by atoms with van der Waals surface area (Å²) in [6, 6.07) is 0. The molecule has 1 saturated carbocycles. The van der Waals surface area contributed by atoms with Gasteiger partial charge >= 0.3 is 6.09 Å². The molecule has 1 spiro atoms. The average molecular weight is 449 g/mol. The van der Waals surface area contributed by atoms with Crippen LogP contribution >= 0.6 is 0 Å². The molecule has 5 aliphatic rings. The summed E-state index contributed by atoms with van der Waals surface area (Å²) in [6.07, 6.45) is 7.72. The van der Waals surface area contributed by atoms with Crippen molar-refractivity contribution in [3.05, 3.63) is 11.6 Å². The third-order valence-corrected chi connectivity index (χ3v) is 9.22. The second-order valence-electron chi connectivity index (χ2n) is 11.3. The van der Waals surface area contributed by atoms with Crippen LogP contribution in [-0.4, -0.2) is 89.8 Å². The number of likely N-dealkylation sites (tertiary alicyclic amines) is 2. The highest BCUT2D eigenvalue weighted by Crippen LogP contribution is 2.62. The van der Waals surface area contributed by atoms with Crippen LogP contribution in [-0.2, 0) is 14.2 Å². The maximum atomic E-state index is 12.3. The molecule has 0 radical (unpaired) electrons. The van der Waals surface area contributed by atoms with Crippen LogP contribution < -0.4 is 0 Å². The predicted molar refractivity (Wildman–Crippen MR) is 121 cm³/mol. The molecule has 1 aliphatic carbocycles. The first kappa shape index (κ1) is 22.6. The predicted octanol–water partition coefficient (Wildman–Crippen LogP) is 3.53. The van der Waals surface area contributed by atoms with Crippen LogP contribution in [0.3, 0.4) is 0 Å². The minimum Gasteiger partial charge on any atom is -0.465 e. The first-order valence-electron chi connectivity index (χ1n) is 12.5. The van der Waals surface area contributed by atoms with Crippen molar-refractivity contribution in [2.24, 2.45) is 11.8 Å². The monoisotopic (exact) mass is 448 g/mol. The van der Waals surface area contributed by atoms with E-state index in [1.165, 1.54) is 18.4 Å². The molecule has 1 N–H and O–H groups in total. The maximum Gasteiger partial charge on any atom is 0.407 e. The summed E-state index contributed by atoms with van der Waals surface area (Å²) in [5, 5.41) is 10.1. The number of nitrogens with zero attached hydrogens (tertiary/aromatic N) is 2. The van der Waals surface area contributed by atoms with E-state index in [1.54, 1.807) is 12.0 Å². The van der Waals surface area contributed by atoms with Gasteiger partial charge in [-0.3, -0.25) is 0 Å². The molecule has 5 rings (SSSR count). The number of carbonyl (C=O) groups is 1. The number of rotatable bonds is 7. The molecule has 7 heteroatoms. The van der Waals surface area contributed by atoms with Gasteiger partial charge in [-0.15, -0.1) is 0 Å². The van der Waals surface area contributed by atoms with Crippen molar-refractivity contribution in [3.8, 4) is 0 Å². The first-order chi connectivity index (χ1) is 15.3. The van der Waals surface area contributed by atoms with E-state index < -0.39 is 6.09 Å². The molecule has 0 aromatic carbocycles. The summed E-state index contributed by atoms with van der Waals surface area (Å²) >= 11 is 0. The molecule has 5 fully saturated rings.